The number of imidazole rings is 1. The maximum absolute atomic E-state index is 14.2. The van der Waals surface area contributed by atoms with Gasteiger partial charge in [0.25, 0.3) is 0 Å². The molecule has 1 unspecified atom stereocenters. The van der Waals surface area contributed by atoms with E-state index in [-0.39, 0.29) is 75.1 Å². The molecule has 2 atom stereocenters. The minimum absolute atomic E-state index is 0.00847. The minimum Gasteiger partial charge on any atom is -0.460 e. The van der Waals surface area contributed by atoms with E-state index >= 15 is 0 Å². The summed E-state index contributed by atoms with van der Waals surface area (Å²) in [5.74, 6) is -2.33. The lowest BCUT2D eigenvalue weighted by Gasteiger charge is -2.31. The number of rotatable bonds is 19. The first-order chi connectivity index (χ1) is 27.6. The zero-order valence-electron chi connectivity index (χ0n) is 32.5. The standard InChI is InChI=1S/C39H48ClN9O9/c1-5-20-55-35(52)29(17-11-16-28(41)34(51)56-23-26-14-9-10-15-27(26)40)49(19-18-43-37(53)58-39(2,3)4)30(50)21-48-24-44-31-32(42)45-36(46-33(31)48)47-38(54)57-22-25-12-7-6-8-13-25/h5-10,12-15,24,28-29H,1,11,16-23,41H2,2-4H3,(H,43,53)(H3,42,45,46,47,54)/t28?,29-/m0/s1. The molecule has 4 aromatic rings. The number of nitrogen functional groups attached to an aromatic ring is 1. The van der Waals surface area contributed by atoms with Gasteiger partial charge in [0.2, 0.25) is 11.9 Å². The van der Waals surface area contributed by atoms with Crippen molar-refractivity contribution >= 4 is 64.6 Å². The summed E-state index contributed by atoms with van der Waals surface area (Å²) in [5, 5.41) is 5.47. The van der Waals surface area contributed by atoms with Crippen LogP contribution < -0.4 is 22.1 Å². The Hall–Kier alpha value is -6.27. The second-order valence-corrected chi connectivity index (χ2v) is 14.3. The van der Waals surface area contributed by atoms with Crippen molar-refractivity contribution in [3.05, 3.63) is 89.7 Å². The Kier molecular flexibility index (Phi) is 16.3. The van der Waals surface area contributed by atoms with E-state index in [0.29, 0.717) is 10.6 Å². The lowest BCUT2D eigenvalue weighted by Crippen LogP contribution is -2.50. The number of nitrogens with zero attached hydrogens (tertiary/aromatic N) is 5. The van der Waals surface area contributed by atoms with Crippen molar-refractivity contribution < 1.29 is 42.9 Å². The summed E-state index contributed by atoms with van der Waals surface area (Å²) in [5.41, 5.74) is 13.1. The van der Waals surface area contributed by atoms with Gasteiger partial charge in [0.1, 0.15) is 49.6 Å². The third-order valence-corrected chi connectivity index (χ3v) is 8.55. The van der Waals surface area contributed by atoms with E-state index in [1.807, 2.05) is 6.07 Å². The van der Waals surface area contributed by atoms with Gasteiger partial charge in [-0.05, 0) is 51.7 Å². The Labute approximate surface area is 340 Å². The van der Waals surface area contributed by atoms with Gasteiger partial charge in [-0.3, -0.25) is 14.9 Å². The molecule has 0 saturated heterocycles. The quantitative estimate of drug-likeness (QED) is 0.0578. The predicted molar refractivity (Wildman–Crippen MR) is 214 cm³/mol. The summed E-state index contributed by atoms with van der Waals surface area (Å²) in [6.07, 6.45) is 1.40. The van der Waals surface area contributed by atoms with Gasteiger partial charge in [0, 0.05) is 23.7 Å². The second kappa shape index (κ2) is 21.3. The molecule has 2 heterocycles. The number of nitrogens with one attached hydrogen (secondary N) is 2. The van der Waals surface area contributed by atoms with Crippen LogP contribution in [-0.4, -0.2) is 91.8 Å². The summed E-state index contributed by atoms with van der Waals surface area (Å²) in [6.45, 7) is 7.76. The predicted octanol–water partition coefficient (Wildman–Crippen LogP) is 4.50. The Morgan fingerprint density at radius 1 is 0.948 bits per heavy atom. The number of carbonyl (C=O) groups is 5. The molecule has 18 nitrogen and oxygen atoms in total. The lowest BCUT2D eigenvalue weighted by molar-refractivity contribution is -0.155. The van der Waals surface area contributed by atoms with E-state index in [2.05, 4.69) is 32.2 Å². The topological polar surface area (TPSA) is 245 Å². The number of esters is 2. The molecule has 4 rings (SSSR count). The van der Waals surface area contributed by atoms with Gasteiger partial charge in [-0.2, -0.15) is 9.97 Å². The molecule has 2 aromatic heterocycles. The number of alkyl carbamates (subject to hydrolysis) is 1. The molecule has 0 radical (unpaired) electrons. The first-order valence-electron chi connectivity index (χ1n) is 18.3. The van der Waals surface area contributed by atoms with Crippen LogP contribution in [0.25, 0.3) is 11.2 Å². The third-order valence-electron chi connectivity index (χ3n) is 8.18. The van der Waals surface area contributed by atoms with Gasteiger partial charge < -0.3 is 45.2 Å². The van der Waals surface area contributed by atoms with Gasteiger partial charge >= 0.3 is 24.1 Å². The number of hydrogen-bond donors (Lipinski definition) is 4. The highest BCUT2D eigenvalue weighted by atomic mass is 35.5. The summed E-state index contributed by atoms with van der Waals surface area (Å²) >= 11 is 6.17. The molecular formula is C39H48ClN9O9. The summed E-state index contributed by atoms with van der Waals surface area (Å²) < 4.78 is 22.7. The molecule has 310 valence electrons. The van der Waals surface area contributed by atoms with E-state index in [0.717, 1.165) is 5.56 Å². The zero-order chi connectivity index (χ0) is 42.2. The molecule has 19 heteroatoms. The SMILES string of the molecule is C=CCOC(=O)[C@H](CCCC(N)C(=O)OCc1ccccc1Cl)N(CCNC(=O)OC(C)(C)C)C(=O)Cn1cnc2c(N)nc(NC(=O)OCc3ccccc3)nc21. The van der Waals surface area contributed by atoms with E-state index in [4.69, 9.17) is 42.0 Å². The first-order valence-corrected chi connectivity index (χ1v) is 18.7. The molecule has 0 bridgehead atoms. The third kappa shape index (κ3) is 13.7. The molecule has 0 aliphatic rings. The summed E-state index contributed by atoms with van der Waals surface area (Å²) in [7, 11) is 0. The zero-order valence-corrected chi connectivity index (χ0v) is 33.3. The number of fused-ring (bicyclic) bond motifs is 1. The Morgan fingerprint density at radius 2 is 1.67 bits per heavy atom. The van der Waals surface area contributed by atoms with Crippen LogP contribution in [0.3, 0.4) is 0 Å². The normalized spacial score (nSPS) is 12.2. The smallest absolute Gasteiger partial charge is 0.414 e. The maximum Gasteiger partial charge on any atom is 0.414 e. The molecule has 0 aliphatic carbocycles. The number of hydrogen-bond acceptors (Lipinski definition) is 14. The van der Waals surface area contributed by atoms with Crippen molar-refractivity contribution in [3.8, 4) is 0 Å². The number of aromatic nitrogens is 4. The number of halogens is 1. The molecule has 2 aromatic carbocycles. The summed E-state index contributed by atoms with van der Waals surface area (Å²) in [4.78, 5) is 79.5. The highest BCUT2D eigenvalue weighted by Gasteiger charge is 2.32. The average molecular weight is 822 g/mol. The number of anilines is 2. The highest BCUT2D eigenvalue weighted by molar-refractivity contribution is 6.31. The lowest BCUT2D eigenvalue weighted by atomic mass is 10.0. The number of carbonyl (C=O) groups excluding carboxylic acids is 5. The fourth-order valence-electron chi connectivity index (χ4n) is 5.43. The van der Waals surface area contributed by atoms with Crippen LogP contribution in [0.1, 0.15) is 51.2 Å². The number of amides is 3. The van der Waals surface area contributed by atoms with Crippen molar-refractivity contribution in [1.29, 1.82) is 0 Å². The molecule has 0 fully saturated rings. The van der Waals surface area contributed by atoms with Crippen molar-refractivity contribution in [2.45, 2.75) is 77.5 Å². The van der Waals surface area contributed by atoms with E-state index < -0.39 is 54.3 Å². The molecule has 0 saturated carbocycles. The van der Waals surface area contributed by atoms with Crippen LogP contribution in [0.15, 0.2) is 73.6 Å². The van der Waals surface area contributed by atoms with E-state index in [1.165, 1.54) is 21.9 Å². The molecular weight excluding hydrogens is 774 g/mol. The Balaban J connectivity index is 1.52. The molecule has 6 N–H and O–H groups in total. The van der Waals surface area contributed by atoms with Crippen LogP contribution in [0.4, 0.5) is 21.4 Å². The monoisotopic (exact) mass is 821 g/mol. The second-order valence-electron chi connectivity index (χ2n) is 13.9. The molecule has 0 aliphatic heterocycles. The van der Waals surface area contributed by atoms with Gasteiger partial charge in [-0.25, -0.2) is 19.4 Å². The van der Waals surface area contributed by atoms with Crippen LogP contribution in [0.2, 0.25) is 5.02 Å². The van der Waals surface area contributed by atoms with Gasteiger partial charge in [0.05, 0.1) is 6.33 Å². The van der Waals surface area contributed by atoms with Crippen LogP contribution >= 0.6 is 11.6 Å². The van der Waals surface area contributed by atoms with Crippen LogP contribution in [0.5, 0.6) is 0 Å². The van der Waals surface area contributed by atoms with Gasteiger partial charge in [-0.1, -0.05) is 72.8 Å². The number of ether oxygens (including phenoxy) is 4. The van der Waals surface area contributed by atoms with Crippen molar-refractivity contribution in [3.63, 3.8) is 0 Å². The first kappa shape index (κ1) is 44.4. The van der Waals surface area contributed by atoms with E-state index in [9.17, 15) is 24.0 Å². The number of nitrogens with two attached hydrogens (primary N) is 2. The minimum atomic E-state index is -1.20. The molecule has 0 spiro atoms. The molecule has 58 heavy (non-hydrogen) atoms. The van der Waals surface area contributed by atoms with Gasteiger partial charge in [0.15, 0.2) is 11.5 Å². The Bertz CT molecular complexity index is 2060. The van der Waals surface area contributed by atoms with Crippen LogP contribution in [0, 0.1) is 0 Å². The highest BCUT2D eigenvalue weighted by Crippen LogP contribution is 2.21. The van der Waals surface area contributed by atoms with Gasteiger partial charge in [-0.15, -0.1) is 0 Å². The van der Waals surface area contributed by atoms with Crippen LogP contribution in [-0.2, 0) is 53.1 Å². The van der Waals surface area contributed by atoms with Crippen molar-refractivity contribution in [2.24, 2.45) is 5.73 Å². The summed E-state index contributed by atoms with van der Waals surface area (Å²) in [6, 6.07) is 13.7. The fraction of sp³-hybridized carbons (Fsp3) is 0.385. The fourth-order valence-corrected chi connectivity index (χ4v) is 5.62. The largest absolute Gasteiger partial charge is 0.460 e. The van der Waals surface area contributed by atoms with E-state index in [1.54, 1.807) is 69.3 Å². The molecule has 3 amide bonds. The van der Waals surface area contributed by atoms with Crippen molar-refractivity contribution in [1.82, 2.24) is 29.7 Å². The number of benzene rings is 2. The van der Waals surface area contributed by atoms with Crippen molar-refractivity contribution in [2.75, 3.05) is 30.7 Å². The Morgan fingerprint density at radius 3 is 2.38 bits per heavy atom. The average Bonchev–Trinajstić information content (AvgIpc) is 3.58. The maximum atomic E-state index is 14.2.